The van der Waals surface area contributed by atoms with Gasteiger partial charge in [-0.05, 0) is 60.7 Å². The Kier molecular flexibility index (Phi) is 11.6. The lowest BCUT2D eigenvalue weighted by Gasteiger charge is -2.33. The van der Waals surface area contributed by atoms with Crippen LogP contribution in [0.3, 0.4) is 0 Å². The number of esters is 1. The minimum absolute atomic E-state index is 0.00678. The summed E-state index contributed by atoms with van der Waals surface area (Å²) in [5.74, 6) is -1.13. The molecule has 1 saturated heterocycles. The van der Waals surface area contributed by atoms with Gasteiger partial charge in [0, 0.05) is 11.0 Å². The molecule has 1 aliphatic heterocycles. The molecule has 0 aromatic heterocycles. The number of nitrogens with one attached hydrogen (secondary N) is 3. The summed E-state index contributed by atoms with van der Waals surface area (Å²) in [5.41, 5.74) is 1.40. The van der Waals surface area contributed by atoms with Crippen LogP contribution in [-0.2, 0) is 30.8 Å². The number of amides is 2. The number of hydrogen-bond acceptors (Lipinski definition) is 9. The molecular formula is C30H34BrN3O9S2. The van der Waals surface area contributed by atoms with E-state index < -0.39 is 49.9 Å². The molecule has 0 bridgehead atoms. The van der Waals surface area contributed by atoms with Crippen LogP contribution in [0.4, 0.5) is 0 Å². The smallest absolute Gasteiger partial charge is 0.341 e. The van der Waals surface area contributed by atoms with Gasteiger partial charge in [-0.2, -0.15) is 4.72 Å². The van der Waals surface area contributed by atoms with Crippen LogP contribution in [0, 0.1) is 0 Å². The van der Waals surface area contributed by atoms with Crippen LogP contribution >= 0.6 is 26.7 Å². The molecule has 0 spiro atoms. The van der Waals surface area contributed by atoms with Crippen molar-refractivity contribution in [2.45, 2.75) is 41.9 Å². The number of benzene rings is 3. The van der Waals surface area contributed by atoms with Crippen molar-refractivity contribution in [1.82, 2.24) is 14.8 Å². The average Bonchev–Trinajstić information content (AvgIpc) is 3.29. The Labute approximate surface area is 271 Å². The van der Waals surface area contributed by atoms with Crippen LogP contribution < -0.4 is 19.5 Å². The van der Waals surface area contributed by atoms with E-state index in [2.05, 4.69) is 30.7 Å². The summed E-state index contributed by atoms with van der Waals surface area (Å²) in [5, 5.41) is 1.94. The molecule has 45 heavy (non-hydrogen) atoms. The number of ether oxygens (including phenoxy) is 2. The Morgan fingerprint density at radius 2 is 1.78 bits per heavy atom. The van der Waals surface area contributed by atoms with Crippen LogP contribution in [0.25, 0.3) is 0 Å². The van der Waals surface area contributed by atoms with Crippen molar-refractivity contribution in [3.8, 4) is 5.75 Å². The molecule has 2 amide bonds. The van der Waals surface area contributed by atoms with E-state index in [4.69, 9.17) is 9.47 Å². The predicted molar refractivity (Wildman–Crippen MR) is 172 cm³/mol. The van der Waals surface area contributed by atoms with Crippen LogP contribution in [0.1, 0.15) is 46.0 Å². The average molecular weight is 725 g/mol. The quantitative estimate of drug-likeness (QED) is 0.120. The summed E-state index contributed by atoms with van der Waals surface area (Å²) in [6, 6.07) is 18.2. The van der Waals surface area contributed by atoms with E-state index in [0.29, 0.717) is 39.8 Å². The molecule has 2 unspecified atom stereocenters. The highest BCUT2D eigenvalue weighted by Gasteiger charge is 2.39. The molecule has 1 fully saturated rings. The summed E-state index contributed by atoms with van der Waals surface area (Å²) in [6.07, 6.45) is 0.959. The normalized spacial score (nSPS) is 17.2. The fraction of sp³-hybridized carbons (Fsp3) is 0.300. The molecule has 242 valence electrons. The Morgan fingerprint density at radius 1 is 1.07 bits per heavy atom. The van der Waals surface area contributed by atoms with E-state index in [1.165, 1.54) is 19.2 Å². The van der Waals surface area contributed by atoms with Gasteiger partial charge in [-0.3, -0.25) is 23.4 Å². The first kappa shape index (κ1) is 34.4. The van der Waals surface area contributed by atoms with E-state index in [9.17, 15) is 31.9 Å². The van der Waals surface area contributed by atoms with E-state index in [-0.39, 0.29) is 30.9 Å². The topological polar surface area (TPSA) is 180 Å². The molecule has 3 aromatic rings. The third-order valence-corrected chi connectivity index (χ3v) is 10.9. The molecule has 1 heterocycles. The largest absolute Gasteiger partial charge is 0.493 e. The molecule has 15 heteroatoms. The van der Waals surface area contributed by atoms with E-state index in [1.54, 1.807) is 60.7 Å². The molecule has 2 atom stereocenters. The number of hydrogen-bond donors (Lipinski definition) is 5. The Morgan fingerprint density at radius 3 is 2.44 bits per heavy atom. The predicted octanol–water partition coefficient (Wildman–Crippen LogP) is 4.33. The molecule has 0 aliphatic carbocycles. The van der Waals surface area contributed by atoms with Gasteiger partial charge in [-0.25, -0.2) is 13.2 Å². The molecule has 4 rings (SSSR count). The standard InChI is InChI=1S/C30H34BrN3O9S2/c1-42-30(37)23-11-5-6-12-26(23)43-16-8-7-15-32-29(36)25(33-44(38,39)21-9-3-2-4-10-21)18-20-13-14-22(24(31)17-20)27-19-28(35)34-45(27,40)41/h2-6,9-14,17,25,27,33,40-41H,7-8,15-16,18-19H2,1H3,(H,32,36)(H,34,35). The van der Waals surface area contributed by atoms with Crippen molar-refractivity contribution < 1.29 is 41.4 Å². The van der Waals surface area contributed by atoms with E-state index >= 15 is 0 Å². The summed E-state index contributed by atoms with van der Waals surface area (Å²) in [4.78, 5) is 37.0. The number of rotatable bonds is 14. The molecule has 3 aromatic carbocycles. The van der Waals surface area contributed by atoms with Crippen LogP contribution in [0.2, 0.25) is 0 Å². The lowest BCUT2D eigenvalue weighted by molar-refractivity contribution is -0.122. The third-order valence-electron chi connectivity index (χ3n) is 6.97. The van der Waals surface area contributed by atoms with Crippen molar-refractivity contribution in [2.75, 3.05) is 20.3 Å². The van der Waals surface area contributed by atoms with Gasteiger partial charge < -0.3 is 14.8 Å². The number of carbonyl (C=O) groups excluding carboxylic acids is 3. The number of para-hydroxylation sites is 1. The zero-order valence-electron chi connectivity index (χ0n) is 24.3. The molecule has 1 aliphatic rings. The van der Waals surface area contributed by atoms with E-state index in [0.717, 1.165) is 0 Å². The molecule has 5 N–H and O–H groups in total. The van der Waals surface area contributed by atoms with Crippen LogP contribution in [-0.4, -0.2) is 61.6 Å². The van der Waals surface area contributed by atoms with Crippen molar-refractivity contribution in [1.29, 1.82) is 0 Å². The van der Waals surface area contributed by atoms with Crippen molar-refractivity contribution in [3.05, 3.63) is 94.0 Å². The van der Waals surface area contributed by atoms with Crippen molar-refractivity contribution >= 4 is 54.5 Å². The Bertz CT molecular complexity index is 1640. The summed E-state index contributed by atoms with van der Waals surface area (Å²) in [7, 11) is -6.13. The van der Waals surface area contributed by atoms with Gasteiger partial charge in [0.25, 0.3) is 0 Å². The number of carbonyl (C=O) groups is 3. The second kappa shape index (κ2) is 15.2. The fourth-order valence-corrected chi connectivity index (χ4v) is 8.28. The van der Waals surface area contributed by atoms with Gasteiger partial charge in [0.1, 0.15) is 22.6 Å². The van der Waals surface area contributed by atoms with Crippen molar-refractivity contribution in [2.24, 2.45) is 0 Å². The fourth-order valence-electron chi connectivity index (χ4n) is 4.70. The van der Waals surface area contributed by atoms with Gasteiger partial charge in [0.2, 0.25) is 21.8 Å². The Balaban J connectivity index is 1.41. The monoisotopic (exact) mass is 723 g/mol. The second-order valence-electron chi connectivity index (χ2n) is 10.2. The highest BCUT2D eigenvalue weighted by atomic mass is 79.9. The molecular weight excluding hydrogens is 690 g/mol. The minimum atomic E-state index is -4.05. The molecule has 0 saturated carbocycles. The zero-order valence-corrected chi connectivity index (χ0v) is 27.5. The number of halogens is 1. The van der Waals surface area contributed by atoms with Gasteiger partial charge in [-0.15, -0.1) is 10.8 Å². The first-order chi connectivity index (χ1) is 21.4. The maximum atomic E-state index is 13.3. The van der Waals surface area contributed by atoms with Gasteiger partial charge in [0.15, 0.2) is 0 Å². The third kappa shape index (κ3) is 9.05. The molecule has 12 nitrogen and oxygen atoms in total. The lowest BCUT2D eigenvalue weighted by atomic mass is 10.0. The van der Waals surface area contributed by atoms with Gasteiger partial charge >= 0.3 is 5.97 Å². The highest BCUT2D eigenvalue weighted by molar-refractivity contribution is 9.10. The highest BCUT2D eigenvalue weighted by Crippen LogP contribution is 2.57. The van der Waals surface area contributed by atoms with Gasteiger partial charge in [0.05, 0.1) is 25.0 Å². The number of sulfonamides is 1. The van der Waals surface area contributed by atoms with Crippen molar-refractivity contribution in [3.63, 3.8) is 0 Å². The summed E-state index contributed by atoms with van der Waals surface area (Å²) < 4.78 is 62.6. The SMILES string of the molecule is COC(=O)c1ccccc1OCCCCNC(=O)C(Cc1ccc(C2CC(=O)NS2(O)O)c(Br)c1)NS(=O)(=O)c1ccccc1. The number of unbranched alkanes of at least 4 members (excludes halogenated alkanes) is 1. The van der Waals surface area contributed by atoms with Crippen LogP contribution in [0.15, 0.2) is 82.2 Å². The summed E-state index contributed by atoms with van der Waals surface area (Å²) >= 11 is 3.43. The zero-order chi connectivity index (χ0) is 32.6. The summed E-state index contributed by atoms with van der Waals surface area (Å²) in [6.45, 7) is 0.523. The lowest BCUT2D eigenvalue weighted by Crippen LogP contribution is -2.48. The molecule has 0 radical (unpaired) electrons. The van der Waals surface area contributed by atoms with Gasteiger partial charge in [-0.1, -0.05) is 58.4 Å². The minimum Gasteiger partial charge on any atom is -0.493 e. The first-order valence-corrected chi connectivity index (χ1v) is 17.8. The first-order valence-electron chi connectivity index (χ1n) is 13.9. The number of methoxy groups -OCH3 is 1. The van der Waals surface area contributed by atoms with E-state index in [1.807, 2.05) is 0 Å². The maximum Gasteiger partial charge on any atom is 0.341 e. The second-order valence-corrected chi connectivity index (χ2v) is 14.7. The Hall–Kier alpha value is -3.47. The van der Waals surface area contributed by atoms with Crippen LogP contribution in [0.5, 0.6) is 5.75 Å². The maximum absolute atomic E-state index is 13.3.